The van der Waals surface area contributed by atoms with Crippen molar-refractivity contribution < 1.29 is 9.90 Å². The van der Waals surface area contributed by atoms with Gasteiger partial charge >= 0.3 is 5.97 Å². The van der Waals surface area contributed by atoms with Crippen LogP contribution >= 0.6 is 11.8 Å². The number of rotatable bonds is 5. The van der Waals surface area contributed by atoms with Gasteiger partial charge in [-0.3, -0.25) is 9.48 Å². The van der Waals surface area contributed by atoms with Crippen molar-refractivity contribution in [3.05, 3.63) is 29.8 Å². The number of carbonyl (C=O) groups is 1. The van der Waals surface area contributed by atoms with Gasteiger partial charge in [0, 0.05) is 30.6 Å². The lowest BCUT2D eigenvalue weighted by atomic mass is 9.92. The van der Waals surface area contributed by atoms with Crippen molar-refractivity contribution in [2.75, 3.05) is 5.75 Å². The molecule has 0 amide bonds. The Kier molecular flexibility index (Phi) is 4.41. The molecule has 0 unspecified atom stereocenters. The number of aryl methyl sites for hydroxylation is 1. The van der Waals surface area contributed by atoms with Gasteiger partial charge in [0.05, 0.1) is 18.0 Å². The van der Waals surface area contributed by atoms with Gasteiger partial charge in [-0.05, 0) is 6.07 Å². The molecule has 21 heavy (non-hydrogen) atoms. The van der Waals surface area contributed by atoms with Crippen molar-refractivity contribution >= 4 is 17.7 Å². The Labute approximate surface area is 128 Å². The molecule has 0 saturated heterocycles. The SMILES string of the molecule is Cn1ccc(Cn2c(C(C)(C)C)cnc2SCC(=O)O)n1. The summed E-state index contributed by atoms with van der Waals surface area (Å²) in [6, 6.07) is 1.96. The third-order valence-corrected chi connectivity index (χ3v) is 3.98. The molecule has 0 atom stereocenters. The largest absolute Gasteiger partial charge is 0.481 e. The predicted molar refractivity (Wildman–Crippen MR) is 81.6 cm³/mol. The molecule has 0 bridgehead atoms. The molecule has 0 radical (unpaired) electrons. The van der Waals surface area contributed by atoms with Crippen LogP contribution in [0.2, 0.25) is 0 Å². The summed E-state index contributed by atoms with van der Waals surface area (Å²) in [4.78, 5) is 15.2. The highest BCUT2D eigenvalue weighted by atomic mass is 32.2. The van der Waals surface area contributed by atoms with Crippen LogP contribution in [-0.4, -0.2) is 36.2 Å². The molecule has 0 aliphatic rings. The van der Waals surface area contributed by atoms with Crippen LogP contribution in [0.15, 0.2) is 23.6 Å². The summed E-state index contributed by atoms with van der Waals surface area (Å²) in [5, 5.41) is 14.0. The normalized spacial score (nSPS) is 11.8. The molecule has 0 aliphatic heterocycles. The minimum absolute atomic E-state index is 0.00279. The number of hydrogen-bond donors (Lipinski definition) is 1. The fourth-order valence-electron chi connectivity index (χ4n) is 2.06. The summed E-state index contributed by atoms with van der Waals surface area (Å²) in [6.45, 7) is 6.94. The number of carboxylic acids is 1. The first-order valence-corrected chi connectivity index (χ1v) is 7.65. The van der Waals surface area contributed by atoms with E-state index in [-0.39, 0.29) is 11.2 Å². The van der Waals surface area contributed by atoms with Gasteiger partial charge in [-0.1, -0.05) is 32.5 Å². The van der Waals surface area contributed by atoms with Crippen molar-refractivity contribution in [2.45, 2.75) is 37.9 Å². The second-order valence-electron chi connectivity index (χ2n) is 5.93. The summed E-state index contributed by atoms with van der Waals surface area (Å²) in [6.07, 6.45) is 3.72. The van der Waals surface area contributed by atoms with Crippen LogP contribution < -0.4 is 0 Å². The van der Waals surface area contributed by atoms with Crippen molar-refractivity contribution in [3.8, 4) is 0 Å². The minimum atomic E-state index is -0.843. The molecule has 7 heteroatoms. The average Bonchev–Trinajstić information content (AvgIpc) is 2.93. The van der Waals surface area contributed by atoms with Gasteiger partial charge < -0.3 is 9.67 Å². The molecule has 0 spiro atoms. The monoisotopic (exact) mass is 308 g/mol. The number of aliphatic carboxylic acids is 1. The molecule has 0 aromatic carbocycles. The average molecular weight is 308 g/mol. The van der Waals surface area contributed by atoms with Gasteiger partial charge in [-0.15, -0.1) is 0 Å². The van der Waals surface area contributed by atoms with E-state index in [1.165, 1.54) is 11.8 Å². The number of hydrogen-bond acceptors (Lipinski definition) is 4. The van der Waals surface area contributed by atoms with E-state index in [2.05, 4.69) is 35.4 Å². The van der Waals surface area contributed by atoms with Gasteiger partial charge in [-0.2, -0.15) is 5.10 Å². The fraction of sp³-hybridized carbons (Fsp3) is 0.500. The first-order valence-electron chi connectivity index (χ1n) is 6.66. The molecular formula is C14H20N4O2S. The number of carboxylic acid groups (broad SMARTS) is 1. The van der Waals surface area contributed by atoms with E-state index in [0.29, 0.717) is 11.7 Å². The zero-order valence-corrected chi connectivity index (χ0v) is 13.5. The first kappa shape index (κ1) is 15.6. The van der Waals surface area contributed by atoms with E-state index in [4.69, 9.17) is 5.11 Å². The molecule has 2 aromatic heterocycles. The predicted octanol–water partition coefficient (Wildman–Crippen LogP) is 2.14. The van der Waals surface area contributed by atoms with Crippen LogP contribution in [0.1, 0.15) is 32.2 Å². The highest BCUT2D eigenvalue weighted by Crippen LogP contribution is 2.28. The lowest BCUT2D eigenvalue weighted by Gasteiger charge is -2.21. The van der Waals surface area contributed by atoms with E-state index in [0.717, 1.165) is 11.4 Å². The highest BCUT2D eigenvalue weighted by Gasteiger charge is 2.22. The minimum Gasteiger partial charge on any atom is -0.481 e. The van der Waals surface area contributed by atoms with E-state index in [1.54, 1.807) is 4.68 Å². The van der Waals surface area contributed by atoms with E-state index < -0.39 is 5.97 Å². The Hall–Kier alpha value is -1.76. The maximum Gasteiger partial charge on any atom is 0.313 e. The molecule has 2 rings (SSSR count). The Morgan fingerprint density at radius 1 is 1.43 bits per heavy atom. The smallest absolute Gasteiger partial charge is 0.313 e. The first-order chi connectivity index (χ1) is 9.77. The number of aromatic nitrogens is 4. The van der Waals surface area contributed by atoms with Gasteiger partial charge in [0.1, 0.15) is 0 Å². The standard InChI is InChI=1S/C14H20N4O2S/c1-14(2,3)11-7-15-13(21-9-12(19)20)18(11)8-10-5-6-17(4)16-10/h5-7H,8-9H2,1-4H3,(H,19,20). The van der Waals surface area contributed by atoms with Gasteiger partial charge in [-0.25, -0.2) is 4.98 Å². The second kappa shape index (κ2) is 5.93. The molecule has 6 nitrogen and oxygen atoms in total. The summed E-state index contributed by atoms with van der Waals surface area (Å²) in [5.41, 5.74) is 1.93. The summed E-state index contributed by atoms with van der Waals surface area (Å²) in [7, 11) is 1.88. The molecule has 0 aliphatic carbocycles. The van der Waals surface area contributed by atoms with E-state index in [9.17, 15) is 4.79 Å². The van der Waals surface area contributed by atoms with Crippen LogP contribution in [-0.2, 0) is 23.8 Å². The molecule has 2 aromatic rings. The van der Waals surface area contributed by atoms with Crippen molar-refractivity contribution in [1.82, 2.24) is 19.3 Å². The number of thioether (sulfide) groups is 1. The third-order valence-electron chi connectivity index (χ3n) is 3.00. The Bertz CT molecular complexity index is 640. The maximum atomic E-state index is 10.8. The zero-order valence-electron chi connectivity index (χ0n) is 12.7. The van der Waals surface area contributed by atoms with Crippen molar-refractivity contribution in [3.63, 3.8) is 0 Å². The molecule has 114 valence electrons. The topological polar surface area (TPSA) is 72.9 Å². The summed E-state index contributed by atoms with van der Waals surface area (Å²) < 4.78 is 3.81. The van der Waals surface area contributed by atoms with Gasteiger partial charge in [0.25, 0.3) is 0 Å². The lowest BCUT2D eigenvalue weighted by Crippen LogP contribution is -2.19. The van der Waals surface area contributed by atoms with E-state index >= 15 is 0 Å². The summed E-state index contributed by atoms with van der Waals surface area (Å²) in [5.74, 6) is -0.840. The molecule has 0 fully saturated rings. The van der Waals surface area contributed by atoms with E-state index in [1.807, 2.05) is 25.5 Å². The quantitative estimate of drug-likeness (QED) is 0.857. The second-order valence-corrected chi connectivity index (χ2v) is 6.87. The maximum absolute atomic E-state index is 10.8. The van der Waals surface area contributed by atoms with Gasteiger partial charge in [0.15, 0.2) is 5.16 Å². The van der Waals surface area contributed by atoms with Gasteiger partial charge in [0.2, 0.25) is 0 Å². The number of imidazole rings is 1. The van der Waals surface area contributed by atoms with Crippen LogP contribution in [0.3, 0.4) is 0 Å². The Morgan fingerprint density at radius 3 is 2.67 bits per heavy atom. The van der Waals surface area contributed by atoms with Crippen LogP contribution in [0.4, 0.5) is 0 Å². The molecule has 2 heterocycles. The van der Waals surface area contributed by atoms with Crippen LogP contribution in [0, 0.1) is 0 Å². The molecule has 0 saturated carbocycles. The van der Waals surface area contributed by atoms with Crippen LogP contribution in [0.25, 0.3) is 0 Å². The van der Waals surface area contributed by atoms with Crippen LogP contribution in [0.5, 0.6) is 0 Å². The zero-order chi connectivity index (χ0) is 15.6. The number of nitrogens with zero attached hydrogens (tertiary/aromatic N) is 4. The van der Waals surface area contributed by atoms with Crippen molar-refractivity contribution in [1.29, 1.82) is 0 Å². The fourth-order valence-corrected chi connectivity index (χ4v) is 2.76. The lowest BCUT2D eigenvalue weighted by molar-refractivity contribution is -0.133. The molecular weight excluding hydrogens is 288 g/mol. The highest BCUT2D eigenvalue weighted by molar-refractivity contribution is 7.99. The third kappa shape index (κ3) is 3.87. The Morgan fingerprint density at radius 2 is 2.14 bits per heavy atom. The molecule has 1 N–H and O–H groups in total. The van der Waals surface area contributed by atoms with Crippen molar-refractivity contribution in [2.24, 2.45) is 7.05 Å². The summed E-state index contributed by atoms with van der Waals surface area (Å²) >= 11 is 1.24. The Balaban J connectivity index is 2.33.